The molecule has 4 rings (SSSR count). The van der Waals surface area contributed by atoms with Crippen LogP contribution in [-0.4, -0.2) is 56.9 Å². The number of nitrogens with zero attached hydrogens (tertiary/aromatic N) is 4. The molecule has 1 amide bonds. The van der Waals surface area contributed by atoms with E-state index in [4.69, 9.17) is 4.74 Å². The molecule has 1 unspecified atom stereocenters. The lowest BCUT2D eigenvalue weighted by atomic mass is 10.1. The first-order valence-corrected chi connectivity index (χ1v) is 10.1. The van der Waals surface area contributed by atoms with Gasteiger partial charge in [0.1, 0.15) is 5.82 Å². The molecule has 2 N–H and O–H groups in total. The zero-order chi connectivity index (χ0) is 20.4. The summed E-state index contributed by atoms with van der Waals surface area (Å²) in [4.78, 5) is 23.0. The van der Waals surface area contributed by atoms with Crippen molar-refractivity contribution in [2.45, 2.75) is 33.9 Å². The predicted molar refractivity (Wildman–Crippen MR) is 112 cm³/mol. The second-order valence-electron chi connectivity index (χ2n) is 7.80. The SMILES string of the molecule is Cc1cc(C)n(CC(C)C(=O)Nc2ccc3nc(CN4CCOCC4)[nH]c3c2)n1. The Morgan fingerprint density at radius 3 is 2.79 bits per heavy atom. The largest absolute Gasteiger partial charge is 0.379 e. The van der Waals surface area contributed by atoms with Crippen LogP contribution in [0.5, 0.6) is 0 Å². The number of anilines is 1. The molecule has 3 aromatic rings. The molecule has 8 nitrogen and oxygen atoms in total. The van der Waals surface area contributed by atoms with Crippen molar-refractivity contribution in [2.24, 2.45) is 5.92 Å². The van der Waals surface area contributed by atoms with Gasteiger partial charge >= 0.3 is 0 Å². The van der Waals surface area contributed by atoms with Crippen LogP contribution >= 0.6 is 0 Å². The van der Waals surface area contributed by atoms with Gasteiger partial charge < -0.3 is 15.0 Å². The number of H-pyrrole nitrogens is 1. The van der Waals surface area contributed by atoms with Gasteiger partial charge in [-0.15, -0.1) is 0 Å². The Kier molecular flexibility index (Phi) is 5.64. The van der Waals surface area contributed by atoms with E-state index in [0.29, 0.717) is 6.54 Å². The number of carbonyl (C=O) groups excluding carboxylic acids is 1. The highest BCUT2D eigenvalue weighted by Gasteiger charge is 2.17. The quantitative estimate of drug-likeness (QED) is 0.668. The molecule has 0 aliphatic carbocycles. The highest BCUT2D eigenvalue weighted by atomic mass is 16.5. The molecule has 1 aliphatic heterocycles. The van der Waals surface area contributed by atoms with Crippen LogP contribution in [0.1, 0.15) is 24.1 Å². The van der Waals surface area contributed by atoms with Gasteiger partial charge in [-0.1, -0.05) is 6.92 Å². The number of morpholine rings is 1. The third kappa shape index (κ3) is 4.65. The number of hydrogen-bond donors (Lipinski definition) is 2. The summed E-state index contributed by atoms with van der Waals surface area (Å²) in [5.74, 6) is 0.718. The third-order valence-electron chi connectivity index (χ3n) is 5.27. The van der Waals surface area contributed by atoms with Crippen LogP contribution in [-0.2, 0) is 22.6 Å². The minimum atomic E-state index is -0.192. The molecule has 8 heteroatoms. The van der Waals surface area contributed by atoms with Crippen molar-refractivity contribution in [1.29, 1.82) is 0 Å². The van der Waals surface area contributed by atoms with E-state index in [9.17, 15) is 4.79 Å². The predicted octanol–water partition coefficient (Wildman–Crippen LogP) is 2.48. The Hall–Kier alpha value is -2.71. The topological polar surface area (TPSA) is 88.1 Å². The van der Waals surface area contributed by atoms with Crippen LogP contribution in [0.25, 0.3) is 11.0 Å². The van der Waals surface area contributed by atoms with Crippen LogP contribution in [0.4, 0.5) is 5.69 Å². The fourth-order valence-corrected chi connectivity index (χ4v) is 3.65. The van der Waals surface area contributed by atoms with Gasteiger partial charge in [-0.25, -0.2) is 4.98 Å². The van der Waals surface area contributed by atoms with Gasteiger partial charge in [0, 0.05) is 24.5 Å². The summed E-state index contributed by atoms with van der Waals surface area (Å²) in [7, 11) is 0. The lowest BCUT2D eigenvalue weighted by Crippen LogP contribution is -2.35. The van der Waals surface area contributed by atoms with E-state index < -0.39 is 0 Å². The highest BCUT2D eigenvalue weighted by molar-refractivity contribution is 5.94. The Bertz CT molecular complexity index is 1000. The number of aromatic nitrogens is 4. The van der Waals surface area contributed by atoms with Crippen molar-refractivity contribution in [1.82, 2.24) is 24.6 Å². The van der Waals surface area contributed by atoms with Gasteiger partial charge in [0.2, 0.25) is 5.91 Å². The molecule has 0 spiro atoms. The van der Waals surface area contributed by atoms with Crippen molar-refractivity contribution in [3.05, 3.63) is 41.5 Å². The van der Waals surface area contributed by atoms with Crippen molar-refractivity contribution >= 4 is 22.6 Å². The summed E-state index contributed by atoms with van der Waals surface area (Å²) in [6.07, 6.45) is 0. The van der Waals surface area contributed by atoms with Gasteiger partial charge in [-0.3, -0.25) is 14.4 Å². The first kappa shape index (κ1) is 19.6. The van der Waals surface area contributed by atoms with Gasteiger partial charge in [-0.2, -0.15) is 5.10 Å². The number of benzene rings is 1. The minimum Gasteiger partial charge on any atom is -0.379 e. The van der Waals surface area contributed by atoms with E-state index in [0.717, 1.165) is 66.8 Å². The fraction of sp³-hybridized carbons (Fsp3) is 0.476. The van der Waals surface area contributed by atoms with Crippen molar-refractivity contribution < 1.29 is 9.53 Å². The highest BCUT2D eigenvalue weighted by Crippen LogP contribution is 2.19. The van der Waals surface area contributed by atoms with Crippen molar-refractivity contribution in [2.75, 3.05) is 31.6 Å². The summed E-state index contributed by atoms with van der Waals surface area (Å²) < 4.78 is 7.28. The second kappa shape index (κ2) is 8.34. The van der Waals surface area contributed by atoms with Gasteiger partial charge in [0.25, 0.3) is 0 Å². The maximum absolute atomic E-state index is 12.6. The van der Waals surface area contributed by atoms with Gasteiger partial charge in [0.05, 0.1) is 48.9 Å². The van der Waals surface area contributed by atoms with E-state index in [1.807, 2.05) is 49.7 Å². The van der Waals surface area contributed by atoms with Crippen molar-refractivity contribution in [3.63, 3.8) is 0 Å². The molecule has 1 aromatic carbocycles. The molecule has 29 heavy (non-hydrogen) atoms. The Labute approximate surface area is 170 Å². The first-order valence-electron chi connectivity index (χ1n) is 10.1. The number of imidazole rings is 1. The standard InChI is InChI=1S/C21H28N6O2/c1-14(12-27-16(3)10-15(2)25-27)21(28)22-17-4-5-18-19(11-17)24-20(23-18)13-26-6-8-29-9-7-26/h4-5,10-11,14H,6-9,12-13H2,1-3H3,(H,22,28)(H,23,24). The summed E-state index contributed by atoms with van der Waals surface area (Å²) in [5, 5.41) is 7.46. The van der Waals surface area contributed by atoms with Crippen LogP contribution in [0.2, 0.25) is 0 Å². The summed E-state index contributed by atoms with van der Waals surface area (Å²) in [6.45, 7) is 10.6. The normalized spacial score (nSPS) is 16.2. The molecular formula is C21H28N6O2. The van der Waals surface area contributed by atoms with E-state index in [2.05, 4.69) is 25.3 Å². The molecule has 1 fully saturated rings. The van der Waals surface area contributed by atoms with E-state index in [1.165, 1.54) is 0 Å². The van der Waals surface area contributed by atoms with Crippen LogP contribution in [0.3, 0.4) is 0 Å². The van der Waals surface area contributed by atoms with Gasteiger partial charge in [0.15, 0.2) is 0 Å². The molecule has 0 saturated carbocycles. The zero-order valence-electron chi connectivity index (χ0n) is 17.2. The molecule has 3 heterocycles. The van der Waals surface area contributed by atoms with Crippen LogP contribution in [0.15, 0.2) is 24.3 Å². The van der Waals surface area contributed by atoms with Crippen LogP contribution in [0, 0.1) is 19.8 Å². The molecule has 0 radical (unpaired) electrons. The first-order chi connectivity index (χ1) is 14.0. The Morgan fingerprint density at radius 1 is 1.28 bits per heavy atom. The number of carbonyl (C=O) groups is 1. The molecule has 1 atom stereocenters. The molecule has 0 bridgehead atoms. The zero-order valence-corrected chi connectivity index (χ0v) is 17.2. The molecular weight excluding hydrogens is 368 g/mol. The summed E-state index contributed by atoms with van der Waals surface area (Å²) >= 11 is 0. The summed E-state index contributed by atoms with van der Waals surface area (Å²) in [6, 6.07) is 7.80. The molecule has 154 valence electrons. The van der Waals surface area contributed by atoms with Crippen molar-refractivity contribution in [3.8, 4) is 0 Å². The van der Waals surface area contributed by atoms with Crippen LogP contribution < -0.4 is 5.32 Å². The van der Waals surface area contributed by atoms with Gasteiger partial charge in [-0.05, 0) is 38.1 Å². The van der Waals surface area contributed by atoms with E-state index in [1.54, 1.807) is 0 Å². The number of rotatable bonds is 6. The number of amides is 1. The molecule has 2 aromatic heterocycles. The maximum Gasteiger partial charge on any atom is 0.229 e. The number of aromatic amines is 1. The molecule has 1 aliphatic rings. The van der Waals surface area contributed by atoms with E-state index in [-0.39, 0.29) is 11.8 Å². The maximum atomic E-state index is 12.6. The summed E-state index contributed by atoms with van der Waals surface area (Å²) in [5.41, 5.74) is 4.63. The van der Waals surface area contributed by atoms with E-state index >= 15 is 0 Å². The average molecular weight is 396 g/mol. The second-order valence-corrected chi connectivity index (χ2v) is 7.80. The number of nitrogens with one attached hydrogen (secondary N) is 2. The molecule has 1 saturated heterocycles. The fourth-order valence-electron chi connectivity index (χ4n) is 3.65. The smallest absolute Gasteiger partial charge is 0.229 e. The Balaban J connectivity index is 1.40. The number of hydrogen-bond acceptors (Lipinski definition) is 5. The monoisotopic (exact) mass is 396 g/mol. The third-order valence-corrected chi connectivity index (χ3v) is 5.27. The number of fused-ring (bicyclic) bond motifs is 1. The lowest BCUT2D eigenvalue weighted by molar-refractivity contribution is -0.119. The Morgan fingerprint density at radius 2 is 2.07 bits per heavy atom. The minimum absolute atomic E-state index is 0.0232. The lowest BCUT2D eigenvalue weighted by Gasteiger charge is -2.25. The number of ether oxygens (including phenoxy) is 1. The average Bonchev–Trinajstić information content (AvgIpc) is 3.23. The number of aryl methyl sites for hydroxylation is 2.